The first kappa shape index (κ1) is 14.1. The minimum atomic E-state index is 0. The molecule has 0 saturated carbocycles. The second-order valence-corrected chi connectivity index (χ2v) is 4.11. The number of rotatable bonds is 3. The molecule has 0 amide bonds. The van der Waals surface area contributed by atoms with Crippen LogP contribution in [0.25, 0.3) is 0 Å². The molecule has 0 spiro atoms. The van der Waals surface area contributed by atoms with Gasteiger partial charge in [0.25, 0.3) is 0 Å². The zero-order chi connectivity index (χ0) is 9.84. The molecule has 0 unspecified atom stereocenters. The molecule has 4 heteroatoms. The lowest BCUT2D eigenvalue weighted by Gasteiger charge is -2.09. The summed E-state index contributed by atoms with van der Waals surface area (Å²) in [7, 11) is 0. The van der Waals surface area contributed by atoms with E-state index < -0.39 is 0 Å². The van der Waals surface area contributed by atoms with E-state index in [9.17, 15) is 0 Å². The van der Waals surface area contributed by atoms with E-state index in [0.29, 0.717) is 11.1 Å². The molecule has 1 aromatic rings. The highest BCUT2D eigenvalue weighted by Crippen LogP contribution is 2.20. The van der Waals surface area contributed by atoms with Crippen molar-refractivity contribution in [1.82, 2.24) is 5.32 Å². The fraction of sp³-hybridized carbons (Fsp3) is 0.400. The predicted molar refractivity (Wildman–Crippen MR) is 65.7 cm³/mol. The number of hydrogen-bond donors (Lipinski definition) is 1. The molecule has 80 valence electrons. The van der Waals surface area contributed by atoms with Gasteiger partial charge in [0.2, 0.25) is 0 Å². The Labute approximate surface area is 101 Å². The standard InChI is InChI=1S/C10H13Cl2N.ClH/c1-7(2)13-6-8-3-4-9(11)5-10(8)12;/h3-5,7,13H,6H2,1-2H3;1H. The van der Waals surface area contributed by atoms with Gasteiger partial charge in [-0.25, -0.2) is 0 Å². The molecule has 1 N–H and O–H groups in total. The SMILES string of the molecule is CC(C)NCc1ccc(Cl)cc1Cl.Cl. The molecule has 0 aliphatic heterocycles. The second kappa shape index (κ2) is 6.52. The molecule has 0 saturated heterocycles. The first-order chi connectivity index (χ1) is 6.09. The van der Waals surface area contributed by atoms with Crippen LogP contribution in [0.5, 0.6) is 0 Å². The van der Waals surface area contributed by atoms with Gasteiger partial charge in [0.1, 0.15) is 0 Å². The summed E-state index contributed by atoms with van der Waals surface area (Å²) in [5, 5.41) is 4.70. The Morgan fingerprint density at radius 1 is 1.29 bits per heavy atom. The van der Waals surface area contributed by atoms with Crippen molar-refractivity contribution in [2.24, 2.45) is 0 Å². The Hall–Kier alpha value is 0.0500. The van der Waals surface area contributed by atoms with Gasteiger partial charge in [-0.3, -0.25) is 0 Å². The summed E-state index contributed by atoms with van der Waals surface area (Å²) in [4.78, 5) is 0. The first-order valence-corrected chi connectivity index (χ1v) is 5.02. The van der Waals surface area contributed by atoms with Crippen molar-refractivity contribution < 1.29 is 0 Å². The van der Waals surface area contributed by atoms with Crippen molar-refractivity contribution in [2.45, 2.75) is 26.4 Å². The van der Waals surface area contributed by atoms with Crippen LogP contribution in [0.2, 0.25) is 10.0 Å². The molecule has 14 heavy (non-hydrogen) atoms. The average molecular weight is 255 g/mol. The van der Waals surface area contributed by atoms with Crippen molar-refractivity contribution in [3.05, 3.63) is 33.8 Å². The van der Waals surface area contributed by atoms with Gasteiger partial charge in [0.05, 0.1) is 0 Å². The quantitative estimate of drug-likeness (QED) is 0.862. The Morgan fingerprint density at radius 2 is 1.93 bits per heavy atom. The molecule has 0 radical (unpaired) electrons. The molecule has 0 aromatic heterocycles. The van der Waals surface area contributed by atoms with E-state index in [4.69, 9.17) is 23.2 Å². The molecular weight excluding hydrogens is 240 g/mol. The van der Waals surface area contributed by atoms with Crippen molar-refractivity contribution in [3.8, 4) is 0 Å². The van der Waals surface area contributed by atoms with Crippen LogP contribution in [0.4, 0.5) is 0 Å². The fourth-order valence-electron chi connectivity index (χ4n) is 0.979. The maximum absolute atomic E-state index is 5.99. The molecule has 0 aliphatic rings. The van der Waals surface area contributed by atoms with Gasteiger partial charge in [0.15, 0.2) is 0 Å². The van der Waals surface area contributed by atoms with Crippen LogP contribution in [0.15, 0.2) is 18.2 Å². The van der Waals surface area contributed by atoms with Crippen LogP contribution in [0.3, 0.4) is 0 Å². The van der Waals surface area contributed by atoms with Gasteiger partial charge in [-0.15, -0.1) is 12.4 Å². The third kappa shape index (κ3) is 4.52. The topological polar surface area (TPSA) is 12.0 Å². The van der Waals surface area contributed by atoms with E-state index in [1.165, 1.54) is 0 Å². The van der Waals surface area contributed by atoms with Gasteiger partial charge in [-0.1, -0.05) is 43.1 Å². The largest absolute Gasteiger partial charge is 0.310 e. The van der Waals surface area contributed by atoms with E-state index in [2.05, 4.69) is 19.2 Å². The Bertz CT molecular complexity index is 287. The summed E-state index contributed by atoms with van der Waals surface area (Å²) in [5.74, 6) is 0. The summed E-state index contributed by atoms with van der Waals surface area (Å²) in [6.07, 6.45) is 0. The summed E-state index contributed by atoms with van der Waals surface area (Å²) in [6.45, 7) is 4.99. The zero-order valence-electron chi connectivity index (χ0n) is 8.18. The highest BCUT2D eigenvalue weighted by Gasteiger charge is 2.01. The number of hydrogen-bond acceptors (Lipinski definition) is 1. The summed E-state index contributed by atoms with van der Waals surface area (Å²) in [6, 6.07) is 6.03. The monoisotopic (exact) mass is 253 g/mol. The summed E-state index contributed by atoms with van der Waals surface area (Å²) in [5.41, 5.74) is 1.08. The molecule has 0 atom stereocenters. The van der Waals surface area contributed by atoms with Gasteiger partial charge < -0.3 is 5.32 Å². The summed E-state index contributed by atoms with van der Waals surface area (Å²) >= 11 is 11.8. The van der Waals surface area contributed by atoms with Crippen molar-refractivity contribution in [1.29, 1.82) is 0 Å². The minimum Gasteiger partial charge on any atom is -0.310 e. The smallest absolute Gasteiger partial charge is 0.0465 e. The van der Waals surface area contributed by atoms with Crippen LogP contribution < -0.4 is 5.32 Å². The van der Waals surface area contributed by atoms with Gasteiger partial charge in [0, 0.05) is 22.6 Å². The Kier molecular flexibility index (Phi) is 6.54. The van der Waals surface area contributed by atoms with Gasteiger partial charge >= 0.3 is 0 Å². The van der Waals surface area contributed by atoms with Crippen molar-refractivity contribution in [3.63, 3.8) is 0 Å². The van der Waals surface area contributed by atoms with Crippen LogP contribution in [0.1, 0.15) is 19.4 Å². The zero-order valence-corrected chi connectivity index (χ0v) is 10.5. The van der Waals surface area contributed by atoms with E-state index in [1.807, 2.05) is 12.1 Å². The maximum Gasteiger partial charge on any atom is 0.0465 e. The van der Waals surface area contributed by atoms with Crippen molar-refractivity contribution >= 4 is 35.6 Å². The van der Waals surface area contributed by atoms with E-state index in [0.717, 1.165) is 17.1 Å². The van der Waals surface area contributed by atoms with Crippen LogP contribution in [-0.2, 0) is 6.54 Å². The van der Waals surface area contributed by atoms with E-state index >= 15 is 0 Å². The highest BCUT2D eigenvalue weighted by molar-refractivity contribution is 6.35. The second-order valence-electron chi connectivity index (χ2n) is 3.27. The van der Waals surface area contributed by atoms with Crippen LogP contribution >= 0.6 is 35.6 Å². The Balaban J connectivity index is 0.00000169. The third-order valence-corrected chi connectivity index (χ3v) is 2.30. The lowest BCUT2D eigenvalue weighted by Crippen LogP contribution is -2.21. The van der Waals surface area contributed by atoms with E-state index in [-0.39, 0.29) is 12.4 Å². The summed E-state index contributed by atoms with van der Waals surface area (Å²) < 4.78 is 0. The minimum absolute atomic E-state index is 0. The van der Waals surface area contributed by atoms with Gasteiger partial charge in [-0.2, -0.15) is 0 Å². The molecule has 1 rings (SSSR count). The van der Waals surface area contributed by atoms with Crippen molar-refractivity contribution in [2.75, 3.05) is 0 Å². The molecule has 1 aromatic carbocycles. The van der Waals surface area contributed by atoms with E-state index in [1.54, 1.807) is 6.07 Å². The highest BCUT2D eigenvalue weighted by atomic mass is 35.5. The number of benzene rings is 1. The maximum atomic E-state index is 5.99. The average Bonchev–Trinajstić information content (AvgIpc) is 2.02. The molecule has 0 heterocycles. The predicted octanol–water partition coefficient (Wildman–Crippen LogP) is 3.91. The first-order valence-electron chi connectivity index (χ1n) is 4.27. The lowest BCUT2D eigenvalue weighted by atomic mass is 10.2. The fourth-order valence-corrected chi connectivity index (χ4v) is 1.45. The lowest BCUT2D eigenvalue weighted by molar-refractivity contribution is 0.589. The molecule has 0 bridgehead atoms. The molecule has 0 fully saturated rings. The van der Waals surface area contributed by atoms with Crippen LogP contribution in [0, 0.1) is 0 Å². The molecular formula is C10H14Cl3N. The van der Waals surface area contributed by atoms with Gasteiger partial charge in [-0.05, 0) is 17.7 Å². The number of halogens is 3. The third-order valence-electron chi connectivity index (χ3n) is 1.72. The molecule has 1 nitrogen and oxygen atoms in total. The Morgan fingerprint density at radius 3 is 2.43 bits per heavy atom. The number of nitrogens with one attached hydrogen (secondary N) is 1. The molecule has 0 aliphatic carbocycles. The van der Waals surface area contributed by atoms with Crippen LogP contribution in [-0.4, -0.2) is 6.04 Å². The normalized spacial score (nSPS) is 10.1.